The van der Waals surface area contributed by atoms with Gasteiger partial charge in [0.25, 0.3) is 0 Å². The van der Waals surface area contributed by atoms with Crippen LogP contribution >= 0.6 is 0 Å². The Morgan fingerprint density at radius 1 is 1.50 bits per heavy atom. The molecule has 0 bridgehead atoms. The van der Waals surface area contributed by atoms with Crippen molar-refractivity contribution in [2.45, 2.75) is 6.04 Å². The molecular weight excluding hydrogens is 156 g/mol. The summed E-state index contributed by atoms with van der Waals surface area (Å²) in [6.45, 7) is 0.386. The average molecular weight is 166 g/mol. The Hall–Kier alpha value is -1.42. The fraction of sp³-hybridized carbons (Fsp3) is 0.250. The van der Waals surface area contributed by atoms with Crippen LogP contribution in [0.4, 0.5) is 5.69 Å². The summed E-state index contributed by atoms with van der Waals surface area (Å²) in [5.74, 6) is 0.537. The van der Waals surface area contributed by atoms with Gasteiger partial charge in [-0.25, -0.2) is 0 Å². The van der Waals surface area contributed by atoms with Crippen LogP contribution in [0.15, 0.2) is 12.1 Å². The van der Waals surface area contributed by atoms with E-state index in [-0.39, 0.29) is 11.8 Å². The summed E-state index contributed by atoms with van der Waals surface area (Å²) >= 11 is 0. The molecule has 0 radical (unpaired) electrons. The Kier molecular flexibility index (Phi) is 1.38. The number of nitrogen functional groups attached to an aromatic ring is 1. The van der Waals surface area contributed by atoms with Crippen molar-refractivity contribution in [3.8, 4) is 11.5 Å². The minimum Gasteiger partial charge on any atom is -0.504 e. The molecule has 2 rings (SSSR count). The topological polar surface area (TPSA) is 81.5 Å². The van der Waals surface area contributed by atoms with Gasteiger partial charge in [-0.2, -0.15) is 0 Å². The normalized spacial score (nSPS) is 20.2. The molecule has 0 saturated carbocycles. The molecule has 0 saturated heterocycles. The number of nitrogens with two attached hydrogens (primary N) is 2. The van der Waals surface area contributed by atoms with Gasteiger partial charge < -0.3 is 21.3 Å². The highest BCUT2D eigenvalue weighted by Crippen LogP contribution is 2.41. The first-order valence-corrected chi connectivity index (χ1v) is 3.70. The zero-order chi connectivity index (χ0) is 8.72. The number of phenolic OH excluding ortho intramolecular Hbond substituents is 1. The molecule has 1 aromatic carbocycles. The maximum atomic E-state index is 9.34. The van der Waals surface area contributed by atoms with E-state index >= 15 is 0 Å². The number of ether oxygens (including phenoxy) is 1. The largest absolute Gasteiger partial charge is 0.504 e. The number of rotatable bonds is 0. The SMILES string of the molecule is Nc1ccc(O)c2c1C(N)CO2. The Morgan fingerprint density at radius 2 is 2.25 bits per heavy atom. The Bertz CT molecular complexity index is 325. The number of hydrogen-bond acceptors (Lipinski definition) is 4. The van der Waals surface area contributed by atoms with Crippen LogP contribution in [-0.2, 0) is 0 Å². The van der Waals surface area contributed by atoms with Gasteiger partial charge >= 0.3 is 0 Å². The second kappa shape index (κ2) is 2.28. The smallest absolute Gasteiger partial charge is 0.167 e. The lowest BCUT2D eigenvalue weighted by molar-refractivity contribution is 0.317. The Morgan fingerprint density at radius 3 is 2.92 bits per heavy atom. The molecule has 1 aromatic rings. The first-order chi connectivity index (χ1) is 5.70. The van der Waals surface area contributed by atoms with E-state index in [1.54, 1.807) is 6.07 Å². The fourth-order valence-corrected chi connectivity index (χ4v) is 1.39. The van der Waals surface area contributed by atoms with E-state index in [1.807, 2.05) is 0 Å². The standard InChI is InChI=1S/C8H10N2O2/c9-4-1-2-6(11)8-7(4)5(10)3-12-8/h1-2,5,11H,3,9-10H2. The molecule has 0 aromatic heterocycles. The highest BCUT2D eigenvalue weighted by Gasteiger charge is 2.25. The first kappa shape index (κ1) is 7.24. The number of aromatic hydroxyl groups is 1. The molecule has 1 aliphatic heterocycles. The number of hydrogen-bond donors (Lipinski definition) is 3. The Labute approximate surface area is 69.7 Å². The molecule has 1 aliphatic rings. The predicted molar refractivity (Wildman–Crippen MR) is 44.9 cm³/mol. The van der Waals surface area contributed by atoms with Crippen molar-refractivity contribution in [3.05, 3.63) is 17.7 Å². The van der Waals surface area contributed by atoms with Crippen LogP contribution in [0, 0.1) is 0 Å². The molecule has 0 fully saturated rings. The molecule has 1 heterocycles. The molecule has 4 heteroatoms. The summed E-state index contributed by atoms with van der Waals surface area (Å²) in [4.78, 5) is 0. The van der Waals surface area contributed by atoms with Gasteiger partial charge in [0.1, 0.15) is 6.61 Å². The van der Waals surface area contributed by atoms with Crippen LogP contribution < -0.4 is 16.2 Å². The van der Waals surface area contributed by atoms with Crippen LogP contribution in [0.3, 0.4) is 0 Å². The minimum atomic E-state index is -0.216. The minimum absolute atomic E-state index is 0.104. The van der Waals surface area contributed by atoms with Crippen molar-refractivity contribution in [2.24, 2.45) is 5.73 Å². The van der Waals surface area contributed by atoms with Gasteiger partial charge in [-0.1, -0.05) is 0 Å². The third-order valence-electron chi connectivity index (χ3n) is 1.99. The molecule has 0 aliphatic carbocycles. The molecule has 12 heavy (non-hydrogen) atoms. The highest BCUT2D eigenvalue weighted by atomic mass is 16.5. The van der Waals surface area contributed by atoms with E-state index in [9.17, 15) is 5.11 Å². The monoisotopic (exact) mass is 166 g/mol. The van der Waals surface area contributed by atoms with Crippen LogP contribution in [-0.4, -0.2) is 11.7 Å². The molecule has 0 spiro atoms. The number of phenols is 1. The lowest BCUT2D eigenvalue weighted by Gasteiger charge is -2.05. The van der Waals surface area contributed by atoms with Crippen LogP contribution in [0.25, 0.3) is 0 Å². The second-order valence-corrected chi connectivity index (χ2v) is 2.83. The molecule has 4 nitrogen and oxygen atoms in total. The highest BCUT2D eigenvalue weighted by molar-refractivity contribution is 5.63. The van der Waals surface area contributed by atoms with Crippen molar-refractivity contribution in [3.63, 3.8) is 0 Å². The average Bonchev–Trinajstić information content (AvgIpc) is 2.42. The molecule has 1 unspecified atom stereocenters. The van der Waals surface area contributed by atoms with Crippen molar-refractivity contribution in [1.82, 2.24) is 0 Å². The van der Waals surface area contributed by atoms with Crippen molar-refractivity contribution in [2.75, 3.05) is 12.3 Å². The summed E-state index contributed by atoms with van der Waals surface area (Å²) in [5, 5.41) is 9.34. The third-order valence-corrected chi connectivity index (χ3v) is 1.99. The molecule has 5 N–H and O–H groups in total. The van der Waals surface area contributed by atoms with Gasteiger partial charge in [0.05, 0.1) is 6.04 Å². The van der Waals surface area contributed by atoms with E-state index in [4.69, 9.17) is 16.2 Å². The van der Waals surface area contributed by atoms with Gasteiger partial charge in [0.2, 0.25) is 0 Å². The maximum absolute atomic E-state index is 9.34. The van der Waals surface area contributed by atoms with E-state index in [2.05, 4.69) is 0 Å². The van der Waals surface area contributed by atoms with E-state index < -0.39 is 0 Å². The summed E-state index contributed by atoms with van der Waals surface area (Å²) in [5.41, 5.74) is 12.7. The zero-order valence-electron chi connectivity index (χ0n) is 6.45. The lowest BCUT2D eigenvalue weighted by atomic mass is 10.1. The number of fused-ring (bicyclic) bond motifs is 1. The quantitative estimate of drug-likeness (QED) is 0.384. The van der Waals surface area contributed by atoms with Crippen molar-refractivity contribution in [1.29, 1.82) is 0 Å². The van der Waals surface area contributed by atoms with Crippen molar-refractivity contribution >= 4 is 5.69 Å². The Balaban J connectivity index is 2.64. The first-order valence-electron chi connectivity index (χ1n) is 3.70. The maximum Gasteiger partial charge on any atom is 0.167 e. The molecule has 64 valence electrons. The molecule has 1 atom stereocenters. The number of anilines is 1. The van der Waals surface area contributed by atoms with Crippen LogP contribution in [0.5, 0.6) is 11.5 Å². The fourth-order valence-electron chi connectivity index (χ4n) is 1.39. The van der Waals surface area contributed by atoms with Gasteiger partial charge in [-0.3, -0.25) is 0 Å². The van der Waals surface area contributed by atoms with Crippen LogP contribution in [0.1, 0.15) is 11.6 Å². The zero-order valence-corrected chi connectivity index (χ0v) is 6.45. The summed E-state index contributed by atoms with van der Waals surface area (Å²) in [6, 6.07) is 2.92. The van der Waals surface area contributed by atoms with Gasteiger partial charge in [0.15, 0.2) is 11.5 Å². The number of benzene rings is 1. The third kappa shape index (κ3) is 0.816. The molecule has 0 amide bonds. The van der Waals surface area contributed by atoms with E-state index in [1.165, 1.54) is 6.07 Å². The van der Waals surface area contributed by atoms with Crippen LogP contribution in [0.2, 0.25) is 0 Å². The van der Waals surface area contributed by atoms with Gasteiger partial charge in [-0.05, 0) is 12.1 Å². The van der Waals surface area contributed by atoms with Crippen molar-refractivity contribution < 1.29 is 9.84 Å². The van der Waals surface area contributed by atoms with E-state index in [0.29, 0.717) is 18.0 Å². The lowest BCUT2D eigenvalue weighted by Crippen LogP contribution is -2.12. The molecular formula is C8H10N2O2. The summed E-state index contributed by atoms with van der Waals surface area (Å²) in [7, 11) is 0. The predicted octanol–water partition coefficient (Wildman–Crippen LogP) is 0.367. The summed E-state index contributed by atoms with van der Waals surface area (Å²) in [6.07, 6.45) is 0. The second-order valence-electron chi connectivity index (χ2n) is 2.83. The van der Waals surface area contributed by atoms with Gasteiger partial charge in [-0.15, -0.1) is 0 Å². The van der Waals surface area contributed by atoms with Gasteiger partial charge in [0, 0.05) is 11.3 Å². The summed E-state index contributed by atoms with van der Waals surface area (Å²) < 4.78 is 5.17. The van der Waals surface area contributed by atoms with E-state index in [0.717, 1.165) is 5.56 Å².